The Morgan fingerprint density at radius 2 is 1.97 bits per heavy atom. The molecular weight excluding hydrogens is 384 g/mol. The Kier molecular flexibility index (Phi) is 6.83. The molecule has 1 fully saturated rings. The van der Waals surface area contributed by atoms with E-state index in [4.69, 9.17) is 9.90 Å². The zero-order chi connectivity index (χ0) is 21.7. The molecule has 0 unspecified atom stereocenters. The number of aryl methyl sites for hydroxylation is 2. The molecule has 0 bridgehead atoms. The molecule has 1 saturated heterocycles. The summed E-state index contributed by atoms with van der Waals surface area (Å²) in [5, 5.41) is 11.2. The van der Waals surface area contributed by atoms with Crippen molar-refractivity contribution in [2.75, 3.05) is 26.2 Å². The minimum absolute atomic E-state index is 0.0255. The Morgan fingerprint density at radius 3 is 2.63 bits per heavy atom. The number of nitrogens with zero attached hydrogens (tertiary/aromatic N) is 6. The number of pyridine rings is 1. The van der Waals surface area contributed by atoms with Crippen molar-refractivity contribution in [2.24, 2.45) is 7.05 Å². The predicted octanol–water partition coefficient (Wildman–Crippen LogP) is 1.73. The van der Waals surface area contributed by atoms with Crippen molar-refractivity contribution in [1.82, 2.24) is 29.0 Å². The van der Waals surface area contributed by atoms with Crippen molar-refractivity contribution >= 4 is 18.0 Å². The van der Waals surface area contributed by atoms with Crippen LogP contribution in [0.5, 0.6) is 0 Å². The number of rotatable bonds is 3. The van der Waals surface area contributed by atoms with E-state index >= 15 is 0 Å². The van der Waals surface area contributed by atoms with Crippen molar-refractivity contribution in [3.63, 3.8) is 0 Å². The lowest BCUT2D eigenvalue weighted by molar-refractivity contribution is -0.122. The van der Waals surface area contributed by atoms with Gasteiger partial charge in [-0.3, -0.25) is 19.2 Å². The Hall–Kier alpha value is -3.20. The fraction of sp³-hybridized carbons (Fsp3) is 0.429. The number of hydrogen-bond donors (Lipinski definition) is 1. The Labute approximate surface area is 175 Å². The summed E-state index contributed by atoms with van der Waals surface area (Å²) >= 11 is 0. The van der Waals surface area contributed by atoms with Gasteiger partial charge in [0.15, 0.2) is 0 Å². The summed E-state index contributed by atoms with van der Waals surface area (Å²) in [6.45, 7) is 8.11. The van der Waals surface area contributed by atoms with Crippen molar-refractivity contribution in [3.05, 3.63) is 53.2 Å². The van der Waals surface area contributed by atoms with Crippen LogP contribution < -0.4 is 0 Å². The number of fused-ring (bicyclic) bond motifs is 1. The maximum absolute atomic E-state index is 13.0. The van der Waals surface area contributed by atoms with Crippen molar-refractivity contribution in [3.8, 4) is 0 Å². The van der Waals surface area contributed by atoms with Gasteiger partial charge in [0.05, 0.1) is 6.20 Å². The van der Waals surface area contributed by atoms with Crippen LogP contribution in [0.1, 0.15) is 33.9 Å². The maximum Gasteiger partial charge on any atom is 0.290 e. The summed E-state index contributed by atoms with van der Waals surface area (Å²) in [5.74, 6) is 0.0255. The molecule has 9 heteroatoms. The molecule has 3 aromatic heterocycles. The number of hydrogen-bond acceptors (Lipinski definition) is 5. The van der Waals surface area contributed by atoms with Crippen molar-refractivity contribution in [2.45, 2.75) is 26.8 Å². The first-order valence-corrected chi connectivity index (χ1v) is 9.96. The van der Waals surface area contributed by atoms with Crippen molar-refractivity contribution in [1.29, 1.82) is 0 Å². The van der Waals surface area contributed by atoms with Crippen LogP contribution in [0, 0.1) is 13.8 Å². The van der Waals surface area contributed by atoms with Crippen molar-refractivity contribution < 1.29 is 14.7 Å². The van der Waals surface area contributed by atoms with E-state index < -0.39 is 0 Å². The Balaban J connectivity index is 0.000000806. The zero-order valence-electron chi connectivity index (χ0n) is 17.7. The van der Waals surface area contributed by atoms with Gasteiger partial charge in [-0.05, 0) is 32.4 Å². The molecule has 4 rings (SSSR count). The lowest BCUT2D eigenvalue weighted by Crippen LogP contribution is -2.35. The number of carbonyl (C=O) groups is 2. The summed E-state index contributed by atoms with van der Waals surface area (Å²) in [6.07, 6.45) is 4.77. The monoisotopic (exact) mass is 412 g/mol. The van der Waals surface area contributed by atoms with Gasteiger partial charge in [-0.15, -0.1) is 0 Å². The molecule has 9 nitrogen and oxygen atoms in total. The number of aromatic nitrogens is 4. The first kappa shape index (κ1) is 21.5. The van der Waals surface area contributed by atoms with Gasteiger partial charge in [0, 0.05) is 62.9 Å². The van der Waals surface area contributed by atoms with Crippen LogP contribution in [0.3, 0.4) is 0 Å². The van der Waals surface area contributed by atoms with E-state index in [1.54, 1.807) is 0 Å². The highest BCUT2D eigenvalue weighted by Gasteiger charge is 2.23. The molecule has 0 radical (unpaired) electrons. The smallest absolute Gasteiger partial charge is 0.290 e. The molecule has 0 aromatic carbocycles. The first-order valence-electron chi connectivity index (χ1n) is 9.96. The van der Waals surface area contributed by atoms with Crippen LogP contribution in [-0.4, -0.2) is 72.6 Å². The van der Waals surface area contributed by atoms with Crippen LogP contribution >= 0.6 is 0 Å². The standard InChI is InChI=1S/C20H26N6O.CH2O2/c1-15-6-4-7-19-22-18(14-26(15)19)20(27)25-9-5-8-24(10-11-25)13-17-12-21-23(3)16(17)2;2-1-3/h4,6-7,12,14H,5,8-11,13H2,1-3H3;1H,(H,2,3). The third-order valence-electron chi connectivity index (χ3n) is 5.52. The third-order valence-corrected chi connectivity index (χ3v) is 5.52. The lowest BCUT2D eigenvalue weighted by Gasteiger charge is -2.21. The number of carboxylic acid groups (broad SMARTS) is 1. The van der Waals surface area contributed by atoms with Gasteiger partial charge in [-0.2, -0.15) is 5.10 Å². The second-order valence-electron chi connectivity index (χ2n) is 7.43. The molecular formula is C21H28N6O3. The maximum atomic E-state index is 13.0. The van der Waals surface area contributed by atoms with E-state index in [2.05, 4.69) is 21.9 Å². The van der Waals surface area contributed by atoms with Crippen LogP contribution in [-0.2, 0) is 18.4 Å². The van der Waals surface area contributed by atoms with E-state index in [9.17, 15) is 4.79 Å². The fourth-order valence-corrected chi connectivity index (χ4v) is 3.69. The second-order valence-corrected chi connectivity index (χ2v) is 7.43. The molecule has 160 valence electrons. The van der Waals surface area contributed by atoms with Gasteiger partial charge >= 0.3 is 0 Å². The summed E-state index contributed by atoms with van der Waals surface area (Å²) in [5.41, 5.74) is 4.89. The van der Waals surface area contributed by atoms with E-state index in [-0.39, 0.29) is 12.4 Å². The summed E-state index contributed by atoms with van der Waals surface area (Å²) in [4.78, 5) is 30.2. The average molecular weight is 412 g/mol. The fourth-order valence-electron chi connectivity index (χ4n) is 3.69. The molecule has 4 heterocycles. The molecule has 30 heavy (non-hydrogen) atoms. The minimum Gasteiger partial charge on any atom is -0.483 e. The molecule has 1 aliphatic rings. The topological polar surface area (TPSA) is 96.0 Å². The van der Waals surface area contributed by atoms with E-state index in [1.807, 2.05) is 58.5 Å². The first-order chi connectivity index (χ1) is 14.4. The number of amides is 1. The van der Waals surface area contributed by atoms with Gasteiger partial charge in [-0.25, -0.2) is 4.98 Å². The summed E-state index contributed by atoms with van der Waals surface area (Å²) < 4.78 is 3.89. The van der Waals surface area contributed by atoms with Gasteiger partial charge in [-0.1, -0.05) is 6.07 Å². The summed E-state index contributed by atoms with van der Waals surface area (Å²) in [7, 11) is 1.97. The summed E-state index contributed by atoms with van der Waals surface area (Å²) in [6, 6.07) is 5.92. The highest BCUT2D eigenvalue weighted by Crippen LogP contribution is 2.15. The zero-order valence-corrected chi connectivity index (χ0v) is 17.7. The predicted molar refractivity (Wildman–Crippen MR) is 112 cm³/mol. The minimum atomic E-state index is -0.250. The van der Waals surface area contributed by atoms with Crippen LogP contribution in [0.15, 0.2) is 30.6 Å². The normalized spacial score (nSPS) is 14.8. The molecule has 1 amide bonds. The molecule has 0 spiro atoms. The number of carbonyl (C=O) groups excluding carboxylic acids is 1. The van der Waals surface area contributed by atoms with Crippen LogP contribution in [0.2, 0.25) is 0 Å². The van der Waals surface area contributed by atoms with Crippen LogP contribution in [0.25, 0.3) is 5.65 Å². The van der Waals surface area contributed by atoms with Gasteiger partial charge < -0.3 is 14.4 Å². The lowest BCUT2D eigenvalue weighted by atomic mass is 10.2. The molecule has 1 aliphatic heterocycles. The molecule has 0 saturated carbocycles. The van der Waals surface area contributed by atoms with E-state index in [0.717, 1.165) is 50.5 Å². The van der Waals surface area contributed by atoms with Crippen LogP contribution in [0.4, 0.5) is 0 Å². The second kappa shape index (κ2) is 9.53. The molecule has 3 aromatic rings. The van der Waals surface area contributed by atoms with Gasteiger partial charge in [0.2, 0.25) is 0 Å². The largest absolute Gasteiger partial charge is 0.483 e. The SMILES string of the molecule is Cc1c(CN2CCCN(C(=O)c3cn4c(C)cccc4n3)CC2)cnn1C.O=CO. The van der Waals surface area contributed by atoms with E-state index in [0.29, 0.717) is 5.69 Å². The van der Waals surface area contributed by atoms with Gasteiger partial charge in [0.25, 0.3) is 12.4 Å². The molecule has 0 aliphatic carbocycles. The quantitative estimate of drug-likeness (QED) is 0.659. The highest BCUT2D eigenvalue weighted by molar-refractivity contribution is 5.93. The average Bonchev–Trinajstić information content (AvgIpc) is 3.20. The number of imidazole rings is 1. The molecule has 1 N–H and O–H groups in total. The Morgan fingerprint density at radius 1 is 1.20 bits per heavy atom. The van der Waals surface area contributed by atoms with E-state index in [1.165, 1.54) is 11.3 Å². The van der Waals surface area contributed by atoms with Gasteiger partial charge in [0.1, 0.15) is 11.3 Å². The highest BCUT2D eigenvalue weighted by atomic mass is 16.3. The molecule has 0 atom stereocenters. The Bertz CT molecular complexity index is 1030. The third kappa shape index (κ3) is 4.68.